The molecule has 0 aliphatic heterocycles. The lowest BCUT2D eigenvalue weighted by Crippen LogP contribution is -2.48. The molecule has 7 nitrogen and oxygen atoms in total. The average molecular weight is 400 g/mol. The number of ether oxygens (including phenoxy) is 1. The minimum Gasteiger partial charge on any atom is -0.346 e. The van der Waals surface area contributed by atoms with Crippen molar-refractivity contribution in [3.8, 4) is 0 Å². The fourth-order valence-electron chi connectivity index (χ4n) is 2.93. The van der Waals surface area contributed by atoms with Gasteiger partial charge in [0.15, 0.2) is 0 Å². The van der Waals surface area contributed by atoms with E-state index < -0.39 is 5.60 Å². The Balaban J connectivity index is 4.59. The van der Waals surface area contributed by atoms with Gasteiger partial charge in [-0.25, -0.2) is 0 Å². The molecule has 0 saturated carbocycles. The Morgan fingerprint density at radius 3 is 1.96 bits per heavy atom. The minimum atomic E-state index is -1.03. The molecule has 0 aromatic carbocycles. The second-order valence-corrected chi connectivity index (χ2v) is 8.30. The maximum Gasteiger partial charge on any atom is 0.254 e. The van der Waals surface area contributed by atoms with Crippen LogP contribution < -0.4 is 0 Å². The lowest BCUT2D eigenvalue weighted by Gasteiger charge is -2.32. The standard InChI is InChI=1S/C21H41N3O4/c1-10-17(19(26)22(7)11-2)13-12-14-23(8)20(27)21(5,6)28-15-24(9)18(25)16(3)4/h16-17H,10-15H2,1-9H3. The monoisotopic (exact) mass is 399 g/mol. The summed E-state index contributed by atoms with van der Waals surface area (Å²) in [5.74, 6) is -0.114. The maximum absolute atomic E-state index is 12.7. The van der Waals surface area contributed by atoms with Gasteiger partial charge in [0.05, 0.1) is 0 Å². The van der Waals surface area contributed by atoms with E-state index >= 15 is 0 Å². The van der Waals surface area contributed by atoms with Crippen LogP contribution in [0, 0.1) is 11.8 Å². The van der Waals surface area contributed by atoms with Crippen LogP contribution in [0.25, 0.3) is 0 Å². The smallest absolute Gasteiger partial charge is 0.254 e. The van der Waals surface area contributed by atoms with E-state index in [-0.39, 0.29) is 36.3 Å². The van der Waals surface area contributed by atoms with Crippen molar-refractivity contribution in [2.75, 3.05) is 41.0 Å². The van der Waals surface area contributed by atoms with E-state index in [0.29, 0.717) is 13.1 Å². The fourth-order valence-corrected chi connectivity index (χ4v) is 2.93. The van der Waals surface area contributed by atoms with Crippen molar-refractivity contribution < 1.29 is 19.1 Å². The van der Waals surface area contributed by atoms with Crippen LogP contribution in [-0.4, -0.2) is 79.0 Å². The highest BCUT2D eigenvalue weighted by Crippen LogP contribution is 2.17. The third-order valence-corrected chi connectivity index (χ3v) is 5.09. The molecule has 1 atom stereocenters. The summed E-state index contributed by atoms with van der Waals surface area (Å²) in [4.78, 5) is 41.9. The molecular formula is C21H41N3O4. The molecule has 0 aliphatic rings. The molecule has 7 heteroatoms. The molecule has 1 unspecified atom stereocenters. The summed E-state index contributed by atoms with van der Waals surface area (Å²) in [5.41, 5.74) is -1.03. The predicted octanol–water partition coefficient (Wildman–Crippen LogP) is 2.60. The van der Waals surface area contributed by atoms with Crippen molar-refractivity contribution in [3.63, 3.8) is 0 Å². The van der Waals surface area contributed by atoms with Gasteiger partial charge in [-0.05, 0) is 40.0 Å². The van der Waals surface area contributed by atoms with Gasteiger partial charge in [0.25, 0.3) is 5.91 Å². The van der Waals surface area contributed by atoms with Crippen molar-refractivity contribution in [3.05, 3.63) is 0 Å². The normalized spacial score (nSPS) is 12.6. The van der Waals surface area contributed by atoms with Crippen LogP contribution in [0.2, 0.25) is 0 Å². The number of rotatable bonds is 12. The first kappa shape index (κ1) is 26.4. The molecule has 0 bridgehead atoms. The summed E-state index contributed by atoms with van der Waals surface area (Å²) in [5, 5.41) is 0. The number of carbonyl (C=O) groups is 3. The molecule has 0 aliphatic carbocycles. The Hall–Kier alpha value is -1.63. The third-order valence-electron chi connectivity index (χ3n) is 5.09. The van der Waals surface area contributed by atoms with Crippen LogP contribution in [0.5, 0.6) is 0 Å². The first-order valence-electron chi connectivity index (χ1n) is 10.3. The van der Waals surface area contributed by atoms with Crippen molar-refractivity contribution >= 4 is 17.7 Å². The zero-order valence-corrected chi connectivity index (χ0v) is 19.4. The van der Waals surface area contributed by atoms with Crippen molar-refractivity contribution in [2.45, 2.75) is 66.4 Å². The minimum absolute atomic E-state index is 0.00610. The molecular weight excluding hydrogens is 358 g/mol. The first-order chi connectivity index (χ1) is 12.9. The lowest BCUT2D eigenvalue weighted by molar-refractivity contribution is -0.163. The van der Waals surface area contributed by atoms with Crippen LogP contribution >= 0.6 is 0 Å². The van der Waals surface area contributed by atoms with E-state index in [4.69, 9.17) is 4.74 Å². The van der Waals surface area contributed by atoms with E-state index in [2.05, 4.69) is 0 Å². The highest BCUT2D eigenvalue weighted by atomic mass is 16.5. The molecule has 3 amide bonds. The largest absolute Gasteiger partial charge is 0.346 e. The van der Waals surface area contributed by atoms with Gasteiger partial charge in [-0.3, -0.25) is 14.4 Å². The van der Waals surface area contributed by atoms with Crippen molar-refractivity contribution in [2.24, 2.45) is 11.8 Å². The van der Waals surface area contributed by atoms with E-state index in [9.17, 15) is 14.4 Å². The molecule has 0 saturated heterocycles. The van der Waals surface area contributed by atoms with Crippen LogP contribution in [0.3, 0.4) is 0 Å². The topological polar surface area (TPSA) is 70.2 Å². The molecule has 0 heterocycles. The quantitative estimate of drug-likeness (QED) is 0.473. The summed E-state index contributed by atoms with van der Waals surface area (Å²) in [6, 6.07) is 0. The zero-order chi connectivity index (χ0) is 22.1. The maximum atomic E-state index is 12.7. The highest BCUT2D eigenvalue weighted by molar-refractivity contribution is 5.84. The van der Waals surface area contributed by atoms with Gasteiger partial charge in [0.1, 0.15) is 12.3 Å². The Morgan fingerprint density at radius 1 is 0.929 bits per heavy atom. The lowest BCUT2D eigenvalue weighted by atomic mass is 9.98. The molecule has 0 N–H and O–H groups in total. The van der Waals surface area contributed by atoms with Crippen LogP contribution in [0.4, 0.5) is 0 Å². The molecule has 0 aromatic heterocycles. The average Bonchev–Trinajstić information content (AvgIpc) is 2.66. The Kier molecular flexibility index (Phi) is 11.3. The summed E-state index contributed by atoms with van der Waals surface area (Å²) in [6.45, 7) is 12.4. The van der Waals surface area contributed by atoms with Crippen molar-refractivity contribution in [1.29, 1.82) is 0 Å². The molecule has 0 radical (unpaired) electrons. The second-order valence-electron chi connectivity index (χ2n) is 8.30. The van der Waals surface area contributed by atoms with Crippen LogP contribution in [0.1, 0.15) is 60.8 Å². The molecule has 0 fully saturated rings. The Bertz CT molecular complexity index is 520. The summed E-state index contributed by atoms with van der Waals surface area (Å²) >= 11 is 0. The second kappa shape index (κ2) is 12.0. The van der Waals surface area contributed by atoms with E-state index in [1.165, 1.54) is 4.90 Å². The number of carbonyl (C=O) groups excluding carboxylic acids is 3. The number of hydrogen-bond donors (Lipinski definition) is 0. The van der Waals surface area contributed by atoms with E-state index in [1.54, 1.807) is 37.7 Å². The van der Waals surface area contributed by atoms with Gasteiger partial charge in [-0.2, -0.15) is 0 Å². The SMILES string of the molecule is CCC(CCCN(C)C(=O)C(C)(C)OCN(C)C(=O)C(C)C)C(=O)N(C)CC. The molecule has 0 aromatic rings. The zero-order valence-electron chi connectivity index (χ0n) is 19.4. The summed E-state index contributed by atoms with van der Waals surface area (Å²) in [7, 11) is 5.24. The molecule has 0 rings (SSSR count). The van der Waals surface area contributed by atoms with E-state index in [0.717, 1.165) is 19.3 Å². The van der Waals surface area contributed by atoms with Crippen LogP contribution in [0.15, 0.2) is 0 Å². The van der Waals surface area contributed by atoms with Gasteiger partial charge >= 0.3 is 0 Å². The summed E-state index contributed by atoms with van der Waals surface area (Å²) in [6.07, 6.45) is 2.31. The van der Waals surface area contributed by atoms with Crippen LogP contribution in [-0.2, 0) is 19.1 Å². The van der Waals surface area contributed by atoms with Gasteiger partial charge in [-0.1, -0.05) is 20.8 Å². The highest BCUT2D eigenvalue weighted by Gasteiger charge is 2.32. The Labute approximate surface area is 171 Å². The van der Waals surface area contributed by atoms with Gasteiger partial charge in [-0.15, -0.1) is 0 Å². The van der Waals surface area contributed by atoms with E-state index in [1.807, 2.05) is 34.7 Å². The third kappa shape index (κ3) is 8.17. The number of hydrogen-bond acceptors (Lipinski definition) is 4. The Morgan fingerprint density at radius 2 is 1.50 bits per heavy atom. The van der Waals surface area contributed by atoms with Crippen molar-refractivity contribution in [1.82, 2.24) is 14.7 Å². The number of amides is 3. The van der Waals surface area contributed by atoms with Gasteiger partial charge in [0, 0.05) is 46.1 Å². The molecule has 164 valence electrons. The molecule has 28 heavy (non-hydrogen) atoms. The van der Waals surface area contributed by atoms with Gasteiger partial charge in [0.2, 0.25) is 11.8 Å². The number of nitrogens with zero attached hydrogens (tertiary/aromatic N) is 3. The van der Waals surface area contributed by atoms with Gasteiger partial charge < -0.3 is 19.4 Å². The predicted molar refractivity (Wildman–Crippen MR) is 112 cm³/mol. The first-order valence-corrected chi connectivity index (χ1v) is 10.3. The summed E-state index contributed by atoms with van der Waals surface area (Å²) < 4.78 is 5.73. The number of likely N-dealkylation sites (N-methyl/N-ethyl adjacent to an activating group) is 1. The fraction of sp³-hybridized carbons (Fsp3) is 0.857. The molecule has 0 spiro atoms.